The van der Waals surface area contributed by atoms with E-state index in [0.717, 1.165) is 0 Å². The van der Waals surface area contributed by atoms with E-state index in [1.165, 1.54) is 0 Å². The molecule has 0 saturated heterocycles. The van der Waals surface area contributed by atoms with Gasteiger partial charge < -0.3 is 14.2 Å². The third-order valence-corrected chi connectivity index (χ3v) is 4.58. The summed E-state index contributed by atoms with van der Waals surface area (Å²) < 4.78 is 16.2. The van der Waals surface area contributed by atoms with Crippen LogP contribution in [0.5, 0.6) is 11.5 Å². The predicted octanol–water partition coefficient (Wildman–Crippen LogP) is 5.30. The molecule has 0 N–H and O–H groups in total. The van der Waals surface area contributed by atoms with Crippen LogP contribution in [0.3, 0.4) is 0 Å². The monoisotopic (exact) mass is 447 g/mol. The maximum Gasteiger partial charge on any atom is 0.363 e. The summed E-state index contributed by atoms with van der Waals surface area (Å²) in [7, 11) is 0. The molecule has 0 radical (unpaired) electrons. The molecule has 0 saturated carbocycles. The Bertz CT molecular complexity index is 1060. The third kappa shape index (κ3) is 5.01. The van der Waals surface area contributed by atoms with Crippen molar-refractivity contribution in [2.75, 3.05) is 6.61 Å². The summed E-state index contributed by atoms with van der Waals surface area (Å²) in [4.78, 5) is 28.4. The molecule has 2 aromatic rings. The number of carbonyl (C=O) groups excluding carboxylic acids is 2. The Labute approximate surface area is 184 Å². The number of ether oxygens (including phenoxy) is 3. The molecule has 0 aliphatic carbocycles. The quantitative estimate of drug-likeness (QED) is 0.341. The number of cyclic esters (lactones) is 1. The molecule has 1 aliphatic rings. The van der Waals surface area contributed by atoms with E-state index in [0.29, 0.717) is 39.3 Å². The van der Waals surface area contributed by atoms with Crippen molar-refractivity contribution in [3.05, 3.63) is 63.3 Å². The topological polar surface area (TPSA) is 74.2 Å². The number of carbonyl (C=O) groups is 2. The molecule has 156 valence electrons. The molecule has 0 unspecified atom stereocenters. The van der Waals surface area contributed by atoms with Crippen LogP contribution in [0.25, 0.3) is 6.08 Å². The molecule has 0 amide bonds. The lowest BCUT2D eigenvalue weighted by molar-refractivity contribution is -0.138. The van der Waals surface area contributed by atoms with Gasteiger partial charge in [0.05, 0.1) is 23.1 Å². The Hall–Kier alpha value is -2.83. The molecule has 6 nitrogen and oxygen atoms in total. The zero-order valence-corrected chi connectivity index (χ0v) is 18.1. The Morgan fingerprint density at radius 3 is 2.60 bits per heavy atom. The van der Waals surface area contributed by atoms with Gasteiger partial charge in [0.25, 0.3) is 0 Å². The van der Waals surface area contributed by atoms with Gasteiger partial charge in [-0.05, 0) is 48.9 Å². The molecule has 1 heterocycles. The molecular weight excluding hydrogens is 429 g/mol. The number of nitrogens with zero attached hydrogens (tertiary/aromatic N) is 1. The first-order valence-electron chi connectivity index (χ1n) is 9.25. The highest BCUT2D eigenvalue weighted by Gasteiger charge is 2.26. The fourth-order valence-electron chi connectivity index (χ4n) is 2.54. The summed E-state index contributed by atoms with van der Waals surface area (Å²) in [6, 6.07) is 9.77. The summed E-state index contributed by atoms with van der Waals surface area (Å²) in [5, 5.41) is 0.788. The maximum absolute atomic E-state index is 12.3. The molecule has 3 rings (SSSR count). The van der Waals surface area contributed by atoms with Crippen molar-refractivity contribution in [1.29, 1.82) is 0 Å². The third-order valence-electron chi connectivity index (χ3n) is 4.03. The second-order valence-corrected chi connectivity index (χ2v) is 7.52. The van der Waals surface area contributed by atoms with E-state index in [1.54, 1.807) is 56.3 Å². The second kappa shape index (κ2) is 9.32. The van der Waals surface area contributed by atoms with E-state index in [9.17, 15) is 9.59 Å². The Kier molecular flexibility index (Phi) is 6.80. The average molecular weight is 448 g/mol. The van der Waals surface area contributed by atoms with E-state index in [2.05, 4.69) is 4.99 Å². The molecule has 0 fully saturated rings. The van der Waals surface area contributed by atoms with E-state index in [-0.39, 0.29) is 23.5 Å². The first-order chi connectivity index (χ1) is 14.3. The number of halogens is 2. The minimum Gasteiger partial charge on any atom is -0.490 e. The van der Waals surface area contributed by atoms with Gasteiger partial charge in [-0.2, -0.15) is 0 Å². The molecule has 30 heavy (non-hydrogen) atoms. The van der Waals surface area contributed by atoms with Crippen LogP contribution in [0.1, 0.15) is 31.9 Å². The van der Waals surface area contributed by atoms with Gasteiger partial charge in [0.2, 0.25) is 5.90 Å². The van der Waals surface area contributed by atoms with E-state index in [1.807, 2.05) is 6.92 Å². The highest BCUT2D eigenvalue weighted by atomic mass is 35.5. The molecular formula is C22H19Cl2NO5. The average Bonchev–Trinajstić information content (AvgIpc) is 3.04. The molecule has 2 aromatic carbocycles. The normalized spacial score (nSPS) is 14.7. The van der Waals surface area contributed by atoms with Gasteiger partial charge in [0, 0.05) is 5.02 Å². The van der Waals surface area contributed by atoms with Crippen molar-refractivity contribution in [2.45, 2.75) is 20.8 Å². The van der Waals surface area contributed by atoms with Crippen molar-refractivity contribution < 1.29 is 23.8 Å². The largest absolute Gasteiger partial charge is 0.490 e. The van der Waals surface area contributed by atoms with Gasteiger partial charge in [-0.15, -0.1) is 0 Å². The van der Waals surface area contributed by atoms with Gasteiger partial charge in [0.15, 0.2) is 17.2 Å². The van der Waals surface area contributed by atoms with Gasteiger partial charge in [-0.25, -0.2) is 9.79 Å². The minimum atomic E-state index is -0.607. The fourth-order valence-corrected chi connectivity index (χ4v) is 3.03. The van der Waals surface area contributed by atoms with Crippen molar-refractivity contribution in [2.24, 2.45) is 10.9 Å². The lowest BCUT2D eigenvalue weighted by atomic mass is 10.1. The Balaban J connectivity index is 1.91. The number of benzene rings is 2. The first-order valence-corrected chi connectivity index (χ1v) is 10.0. The van der Waals surface area contributed by atoms with Crippen LogP contribution in [0.2, 0.25) is 10.0 Å². The summed E-state index contributed by atoms with van der Waals surface area (Å²) in [6.45, 7) is 5.69. The zero-order chi connectivity index (χ0) is 21.8. The first kappa shape index (κ1) is 21.9. The van der Waals surface area contributed by atoms with Gasteiger partial charge in [-0.1, -0.05) is 43.1 Å². The number of rotatable bonds is 6. The summed E-state index contributed by atoms with van der Waals surface area (Å²) >= 11 is 12.1. The van der Waals surface area contributed by atoms with Crippen molar-refractivity contribution in [1.82, 2.24) is 0 Å². The van der Waals surface area contributed by atoms with Crippen LogP contribution in [0.15, 0.2) is 47.1 Å². The lowest BCUT2D eigenvalue weighted by Gasteiger charge is -2.12. The predicted molar refractivity (Wildman–Crippen MR) is 115 cm³/mol. The van der Waals surface area contributed by atoms with Crippen LogP contribution in [-0.2, 0) is 14.3 Å². The van der Waals surface area contributed by atoms with E-state index >= 15 is 0 Å². The summed E-state index contributed by atoms with van der Waals surface area (Å²) in [6.07, 6.45) is 1.55. The molecule has 0 bridgehead atoms. The standard InChI is InChI=1S/C22H19Cl2NO5/c1-4-28-19-10-13(5-8-18(19)29-21(26)12(2)3)9-17-22(27)30-20(25-17)15-7-6-14(23)11-16(15)24/h5-12H,4H2,1-3H3/b17-9-. The van der Waals surface area contributed by atoms with Crippen LogP contribution >= 0.6 is 23.2 Å². The highest BCUT2D eigenvalue weighted by Crippen LogP contribution is 2.31. The van der Waals surface area contributed by atoms with Gasteiger partial charge >= 0.3 is 11.9 Å². The number of esters is 2. The van der Waals surface area contributed by atoms with E-state index in [4.69, 9.17) is 37.4 Å². The number of aliphatic imine (C=N–C) groups is 1. The molecule has 8 heteroatoms. The van der Waals surface area contributed by atoms with E-state index < -0.39 is 5.97 Å². The number of hydrogen-bond donors (Lipinski definition) is 0. The highest BCUT2D eigenvalue weighted by molar-refractivity contribution is 6.37. The molecule has 0 aromatic heterocycles. The Morgan fingerprint density at radius 1 is 1.17 bits per heavy atom. The van der Waals surface area contributed by atoms with Crippen molar-refractivity contribution >= 4 is 47.1 Å². The minimum absolute atomic E-state index is 0.0976. The zero-order valence-electron chi connectivity index (χ0n) is 16.6. The molecule has 0 spiro atoms. The van der Waals surface area contributed by atoms with Gasteiger partial charge in [-0.3, -0.25) is 4.79 Å². The van der Waals surface area contributed by atoms with Crippen molar-refractivity contribution in [3.8, 4) is 11.5 Å². The fraction of sp³-hybridized carbons (Fsp3) is 0.227. The SMILES string of the molecule is CCOc1cc(/C=C2\N=C(c3ccc(Cl)cc3Cl)OC2=O)ccc1OC(=O)C(C)C. The smallest absolute Gasteiger partial charge is 0.363 e. The Morgan fingerprint density at radius 2 is 1.93 bits per heavy atom. The molecule has 0 atom stereocenters. The number of hydrogen-bond acceptors (Lipinski definition) is 6. The van der Waals surface area contributed by atoms with Crippen LogP contribution in [0.4, 0.5) is 0 Å². The van der Waals surface area contributed by atoms with Crippen LogP contribution in [0, 0.1) is 5.92 Å². The van der Waals surface area contributed by atoms with Crippen molar-refractivity contribution in [3.63, 3.8) is 0 Å². The molecule has 1 aliphatic heterocycles. The summed E-state index contributed by atoms with van der Waals surface area (Å²) in [5.74, 6) is -0.455. The lowest BCUT2D eigenvalue weighted by Crippen LogP contribution is -2.15. The maximum atomic E-state index is 12.3. The van der Waals surface area contributed by atoms with Gasteiger partial charge in [0.1, 0.15) is 0 Å². The van der Waals surface area contributed by atoms with Crippen LogP contribution in [-0.4, -0.2) is 24.4 Å². The second-order valence-electron chi connectivity index (χ2n) is 6.68. The summed E-state index contributed by atoms with van der Waals surface area (Å²) in [5.41, 5.74) is 1.19. The van der Waals surface area contributed by atoms with Crippen LogP contribution < -0.4 is 9.47 Å².